The van der Waals surface area contributed by atoms with Crippen LogP contribution in [0, 0.1) is 0 Å². The molecule has 0 atom stereocenters. The van der Waals surface area contributed by atoms with Gasteiger partial charge in [-0.15, -0.1) is 5.10 Å². The predicted octanol–water partition coefficient (Wildman–Crippen LogP) is 0.263. The number of methoxy groups -OCH3 is 1. The second-order valence-electron chi connectivity index (χ2n) is 3.48. The molecular weight excluding hydrogens is 270 g/mol. The number of hydrogen-bond acceptors (Lipinski definition) is 7. The number of nitrogens with zero attached hydrogens (tertiary/aromatic N) is 3. The van der Waals surface area contributed by atoms with Crippen LogP contribution in [-0.2, 0) is 10.0 Å². The average Bonchev–Trinajstić information content (AvgIpc) is 2.39. The maximum atomic E-state index is 12.2. The zero-order chi connectivity index (χ0) is 13.9. The van der Waals surface area contributed by atoms with Gasteiger partial charge < -0.3 is 10.5 Å². The van der Waals surface area contributed by atoms with Gasteiger partial charge >= 0.3 is 0 Å². The van der Waals surface area contributed by atoms with Crippen molar-refractivity contribution in [2.75, 3.05) is 17.6 Å². The van der Waals surface area contributed by atoms with E-state index in [9.17, 15) is 8.42 Å². The van der Waals surface area contributed by atoms with Gasteiger partial charge in [0.1, 0.15) is 10.6 Å². The second-order valence-corrected chi connectivity index (χ2v) is 5.13. The summed E-state index contributed by atoms with van der Waals surface area (Å²) in [4.78, 5) is 3.64. The summed E-state index contributed by atoms with van der Waals surface area (Å²) >= 11 is 0. The summed E-state index contributed by atoms with van der Waals surface area (Å²) in [5, 5.41) is 7.07. The van der Waals surface area contributed by atoms with Gasteiger partial charge in [0.25, 0.3) is 16.0 Å². The topological polar surface area (TPSA) is 120 Å². The first kappa shape index (κ1) is 13.0. The van der Waals surface area contributed by atoms with E-state index in [0.717, 1.165) is 0 Å². The van der Waals surface area contributed by atoms with Crippen molar-refractivity contribution in [2.24, 2.45) is 0 Å². The standard InChI is InChI=1S/C10H11N5O3S/c1-18-8-3-2-7(11)6-9(8)19(16,17)15-10-12-4-5-13-14-10/h2-6H,11H2,1H3,(H,12,14,15). The predicted molar refractivity (Wildman–Crippen MR) is 68.0 cm³/mol. The first-order chi connectivity index (χ1) is 9.03. The zero-order valence-corrected chi connectivity index (χ0v) is 10.8. The van der Waals surface area contributed by atoms with Crippen LogP contribution in [0.1, 0.15) is 0 Å². The third kappa shape index (κ3) is 2.88. The highest BCUT2D eigenvalue weighted by atomic mass is 32.2. The van der Waals surface area contributed by atoms with Crippen LogP contribution >= 0.6 is 0 Å². The molecule has 0 aliphatic heterocycles. The van der Waals surface area contributed by atoms with Crippen LogP contribution in [-0.4, -0.2) is 30.7 Å². The number of rotatable bonds is 4. The Hall–Kier alpha value is -2.42. The number of nitrogen functional groups attached to an aromatic ring is 1. The van der Waals surface area contributed by atoms with Crippen molar-refractivity contribution in [3.05, 3.63) is 30.6 Å². The fourth-order valence-corrected chi connectivity index (χ4v) is 2.52. The monoisotopic (exact) mass is 281 g/mol. The molecule has 0 fully saturated rings. The van der Waals surface area contributed by atoms with Gasteiger partial charge in [0.2, 0.25) is 0 Å². The van der Waals surface area contributed by atoms with Gasteiger partial charge in [-0.1, -0.05) is 0 Å². The summed E-state index contributed by atoms with van der Waals surface area (Å²) in [6, 6.07) is 4.30. The highest BCUT2D eigenvalue weighted by molar-refractivity contribution is 7.92. The lowest BCUT2D eigenvalue weighted by molar-refractivity contribution is 0.403. The smallest absolute Gasteiger partial charge is 0.268 e. The molecule has 1 heterocycles. The van der Waals surface area contributed by atoms with Crippen LogP contribution in [0.25, 0.3) is 0 Å². The molecule has 3 N–H and O–H groups in total. The fraction of sp³-hybridized carbons (Fsp3) is 0.100. The van der Waals surface area contributed by atoms with Gasteiger partial charge in [-0.25, -0.2) is 18.1 Å². The number of ether oxygens (including phenoxy) is 1. The maximum absolute atomic E-state index is 12.2. The Labute approximate surface area is 109 Å². The van der Waals surface area contributed by atoms with Crippen molar-refractivity contribution in [1.82, 2.24) is 15.2 Å². The van der Waals surface area contributed by atoms with Gasteiger partial charge in [0.05, 0.1) is 19.5 Å². The lowest BCUT2D eigenvalue weighted by Crippen LogP contribution is -2.16. The molecule has 1 aromatic carbocycles. The molecule has 19 heavy (non-hydrogen) atoms. The first-order valence-electron chi connectivity index (χ1n) is 5.13. The molecule has 0 aliphatic rings. The molecule has 0 aliphatic carbocycles. The molecule has 0 unspecified atom stereocenters. The van der Waals surface area contributed by atoms with E-state index in [4.69, 9.17) is 10.5 Å². The maximum Gasteiger partial charge on any atom is 0.268 e. The van der Waals surface area contributed by atoms with Gasteiger partial charge in [0, 0.05) is 5.69 Å². The van der Waals surface area contributed by atoms with E-state index in [1.165, 1.54) is 31.6 Å². The van der Waals surface area contributed by atoms with Gasteiger partial charge in [-0.05, 0) is 18.2 Å². The number of nitrogens with one attached hydrogen (secondary N) is 1. The molecule has 2 rings (SSSR count). The highest BCUT2D eigenvalue weighted by Gasteiger charge is 2.21. The molecule has 0 spiro atoms. The summed E-state index contributed by atoms with van der Waals surface area (Å²) in [5.74, 6) is 0.0394. The van der Waals surface area contributed by atoms with Crippen LogP contribution in [0.3, 0.4) is 0 Å². The molecule has 1 aromatic heterocycles. The minimum atomic E-state index is -3.90. The summed E-state index contributed by atoms with van der Waals surface area (Å²) in [5.41, 5.74) is 5.88. The van der Waals surface area contributed by atoms with Crippen molar-refractivity contribution in [1.29, 1.82) is 0 Å². The van der Waals surface area contributed by atoms with Crippen LogP contribution in [0.15, 0.2) is 35.5 Å². The van der Waals surface area contributed by atoms with Crippen molar-refractivity contribution < 1.29 is 13.2 Å². The Bertz CT molecular complexity index is 675. The van der Waals surface area contributed by atoms with E-state index < -0.39 is 10.0 Å². The lowest BCUT2D eigenvalue weighted by atomic mass is 10.3. The molecular formula is C10H11N5O3S. The number of aromatic nitrogens is 3. The van der Waals surface area contributed by atoms with Gasteiger partial charge in [0.15, 0.2) is 0 Å². The van der Waals surface area contributed by atoms with Crippen molar-refractivity contribution in [2.45, 2.75) is 4.90 Å². The Morgan fingerprint density at radius 2 is 2.11 bits per heavy atom. The van der Waals surface area contributed by atoms with E-state index in [-0.39, 0.29) is 16.6 Å². The Morgan fingerprint density at radius 1 is 1.32 bits per heavy atom. The minimum Gasteiger partial charge on any atom is -0.495 e. The molecule has 9 heteroatoms. The van der Waals surface area contributed by atoms with Crippen molar-refractivity contribution in [3.63, 3.8) is 0 Å². The molecule has 0 saturated heterocycles. The van der Waals surface area contributed by atoms with Crippen LogP contribution < -0.4 is 15.2 Å². The second kappa shape index (κ2) is 5.06. The van der Waals surface area contributed by atoms with Crippen LogP contribution in [0.5, 0.6) is 5.75 Å². The SMILES string of the molecule is COc1ccc(N)cc1S(=O)(=O)Nc1nccnn1. The lowest BCUT2D eigenvalue weighted by Gasteiger charge is -2.10. The molecule has 8 nitrogen and oxygen atoms in total. The van der Waals surface area contributed by atoms with Gasteiger partial charge in [-0.2, -0.15) is 5.10 Å². The molecule has 0 radical (unpaired) electrons. The molecule has 0 bridgehead atoms. The van der Waals surface area contributed by atoms with Gasteiger partial charge in [-0.3, -0.25) is 0 Å². The number of nitrogens with two attached hydrogens (primary N) is 1. The number of sulfonamides is 1. The minimum absolute atomic E-state index is 0.0950. The van der Waals surface area contributed by atoms with Crippen LogP contribution in [0.2, 0.25) is 0 Å². The Balaban J connectivity index is 2.42. The molecule has 0 saturated carbocycles. The Morgan fingerprint density at radius 3 is 2.74 bits per heavy atom. The van der Waals surface area contributed by atoms with E-state index in [2.05, 4.69) is 19.9 Å². The van der Waals surface area contributed by atoms with Crippen LogP contribution in [0.4, 0.5) is 11.6 Å². The normalized spacial score (nSPS) is 11.0. The third-order valence-electron chi connectivity index (χ3n) is 2.19. The van der Waals surface area contributed by atoms with Crippen molar-refractivity contribution in [3.8, 4) is 5.75 Å². The quantitative estimate of drug-likeness (QED) is 0.771. The van der Waals surface area contributed by atoms with E-state index in [1.54, 1.807) is 6.07 Å². The number of benzene rings is 1. The first-order valence-corrected chi connectivity index (χ1v) is 6.61. The van der Waals surface area contributed by atoms with Crippen molar-refractivity contribution >= 4 is 21.7 Å². The van der Waals surface area contributed by atoms with E-state index in [0.29, 0.717) is 5.69 Å². The number of anilines is 2. The highest BCUT2D eigenvalue weighted by Crippen LogP contribution is 2.26. The summed E-state index contributed by atoms with van der Waals surface area (Å²) in [6.45, 7) is 0. The zero-order valence-electron chi connectivity index (χ0n) is 9.94. The largest absolute Gasteiger partial charge is 0.495 e. The van der Waals surface area contributed by atoms with E-state index >= 15 is 0 Å². The third-order valence-corrected chi connectivity index (χ3v) is 3.53. The summed E-state index contributed by atoms with van der Waals surface area (Å²) in [6.07, 6.45) is 2.65. The molecule has 100 valence electrons. The summed E-state index contributed by atoms with van der Waals surface area (Å²) < 4.78 is 31.5. The van der Waals surface area contributed by atoms with E-state index in [1.807, 2.05) is 0 Å². The molecule has 0 amide bonds. The summed E-state index contributed by atoms with van der Waals surface area (Å²) in [7, 11) is -2.53. The average molecular weight is 281 g/mol. The number of hydrogen-bond donors (Lipinski definition) is 2. The molecule has 2 aromatic rings. The fourth-order valence-electron chi connectivity index (χ4n) is 1.37. The Kier molecular flexibility index (Phi) is 3.47.